The quantitative estimate of drug-likeness (QED) is 0.384. The SMILES string of the molecule is CC1CCC(N)CC1.CNC(=O)c1ccc(C=O)cc1.CNC(=O)c1ccc(CNC2CCC(C)CC2)cc1. The highest BCUT2D eigenvalue weighted by Gasteiger charge is 2.17. The Balaban J connectivity index is 0.000000227. The molecule has 7 heteroatoms. The molecule has 0 bridgehead atoms. The molecule has 0 heterocycles. The van der Waals surface area contributed by atoms with Crippen LogP contribution in [-0.2, 0) is 6.54 Å². The number of nitrogens with two attached hydrogens (primary N) is 1. The number of hydrogen-bond acceptors (Lipinski definition) is 5. The Morgan fingerprint density at radius 2 is 1.18 bits per heavy atom. The molecule has 2 aliphatic carbocycles. The van der Waals surface area contributed by atoms with Gasteiger partial charge in [0.15, 0.2) is 0 Å². The third kappa shape index (κ3) is 12.1. The Morgan fingerprint density at radius 1 is 0.744 bits per heavy atom. The van der Waals surface area contributed by atoms with Crippen molar-refractivity contribution in [3.63, 3.8) is 0 Å². The molecule has 39 heavy (non-hydrogen) atoms. The van der Waals surface area contributed by atoms with Crippen molar-refractivity contribution in [1.82, 2.24) is 16.0 Å². The highest BCUT2D eigenvalue weighted by molar-refractivity contribution is 5.94. The zero-order valence-electron chi connectivity index (χ0n) is 24.2. The monoisotopic (exact) mass is 536 g/mol. The van der Waals surface area contributed by atoms with Gasteiger partial charge in [-0.15, -0.1) is 0 Å². The fraction of sp³-hybridized carbons (Fsp3) is 0.531. The summed E-state index contributed by atoms with van der Waals surface area (Å²) in [7, 11) is 3.22. The summed E-state index contributed by atoms with van der Waals surface area (Å²) in [6.45, 7) is 5.55. The van der Waals surface area contributed by atoms with Crippen LogP contribution in [0.4, 0.5) is 0 Å². The van der Waals surface area contributed by atoms with Gasteiger partial charge in [0.2, 0.25) is 0 Å². The van der Waals surface area contributed by atoms with Crippen LogP contribution in [0.3, 0.4) is 0 Å². The molecule has 7 nitrogen and oxygen atoms in total. The second-order valence-corrected chi connectivity index (χ2v) is 11.0. The van der Waals surface area contributed by atoms with Crippen LogP contribution < -0.4 is 21.7 Å². The predicted molar refractivity (Wildman–Crippen MR) is 159 cm³/mol. The van der Waals surface area contributed by atoms with Gasteiger partial charge in [0, 0.05) is 49.4 Å². The van der Waals surface area contributed by atoms with E-state index in [-0.39, 0.29) is 11.8 Å². The lowest BCUT2D eigenvalue weighted by molar-refractivity contribution is 0.0955. The average Bonchev–Trinajstić information content (AvgIpc) is 2.98. The second-order valence-electron chi connectivity index (χ2n) is 11.0. The first-order chi connectivity index (χ1) is 18.7. The molecule has 2 aromatic rings. The summed E-state index contributed by atoms with van der Waals surface area (Å²) in [6.07, 6.45) is 11.2. The van der Waals surface area contributed by atoms with Crippen LogP contribution in [0.1, 0.15) is 102 Å². The van der Waals surface area contributed by atoms with E-state index < -0.39 is 0 Å². The molecule has 2 amide bonds. The Bertz CT molecular complexity index is 981. The van der Waals surface area contributed by atoms with Crippen LogP contribution in [0.25, 0.3) is 0 Å². The largest absolute Gasteiger partial charge is 0.355 e. The van der Waals surface area contributed by atoms with Crippen LogP contribution >= 0.6 is 0 Å². The van der Waals surface area contributed by atoms with Crippen molar-refractivity contribution in [3.8, 4) is 0 Å². The minimum Gasteiger partial charge on any atom is -0.355 e. The third-order valence-corrected chi connectivity index (χ3v) is 7.65. The fourth-order valence-electron chi connectivity index (χ4n) is 4.79. The first kappa shape index (κ1) is 32.2. The van der Waals surface area contributed by atoms with E-state index in [2.05, 4.69) is 29.8 Å². The van der Waals surface area contributed by atoms with Crippen LogP contribution in [0.15, 0.2) is 48.5 Å². The van der Waals surface area contributed by atoms with E-state index in [1.165, 1.54) is 56.9 Å². The summed E-state index contributed by atoms with van der Waals surface area (Å²) in [4.78, 5) is 32.7. The number of carbonyl (C=O) groups excluding carboxylic acids is 3. The van der Waals surface area contributed by atoms with Crippen molar-refractivity contribution in [3.05, 3.63) is 70.8 Å². The molecule has 0 aromatic heterocycles. The van der Waals surface area contributed by atoms with Gasteiger partial charge >= 0.3 is 0 Å². The lowest BCUT2D eigenvalue weighted by Gasteiger charge is -2.27. The number of rotatable bonds is 6. The van der Waals surface area contributed by atoms with Crippen molar-refractivity contribution < 1.29 is 14.4 Å². The van der Waals surface area contributed by atoms with Gasteiger partial charge in [0.25, 0.3) is 11.8 Å². The summed E-state index contributed by atoms with van der Waals surface area (Å²) >= 11 is 0. The molecule has 0 atom stereocenters. The summed E-state index contributed by atoms with van der Waals surface area (Å²) in [5, 5.41) is 8.75. The van der Waals surface area contributed by atoms with Crippen LogP contribution in [-0.4, -0.2) is 44.3 Å². The zero-order valence-corrected chi connectivity index (χ0v) is 24.2. The molecule has 0 radical (unpaired) electrons. The highest BCUT2D eigenvalue weighted by Crippen LogP contribution is 2.24. The molecule has 2 fully saturated rings. The fourth-order valence-corrected chi connectivity index (χ4v) is 4.79. The summed E-state index contributed by atoms with van der Waals surface area (Å²) < 4.78 is 0. The van der Waals surface area contributed by atoms with Crippen molar-refractivity contribution in [2.75, 3.05) is 14.1 Å². The van der Waals surface area contributed by atoms with E-state index in [0.29, 0.717) is 23.2 Å². The Hall–Kier alpha value is -3.03. The van der Waals surface area contributed by atoms with Gasteiger partial charge in [0.05, 0.1) is 0 Å². The Labute approximate surface area is 234 Å². The smallest absolute Gasteiger partial charge is 0.251 e. The standard InChI is InChI=1S/C16H24N2O.C9H9NO2.C7H15N/c1-12-3-9-15(10-4-12)18-11-13-5-7-14(8-6-13)16(19)17-2;1-10-9(12)8-4-2-7(6-11)3-5-8;1-6-2-4-7(8)5-3-6/h5-8,12,15,18H,3-4,9-11H2,1-2H3,(H,17,19);2-6H,1H3,(H,10,12);6-7H,2-5,8H2,1H3. The topological polar surface area (TPSA) is 113 Å². The minimum atomic E-state index is -0.146. The molecule has 2 saturated carbocycles. The molecular formula is C32H48N4O3. The van der Waals surface area contributed by atoms with Crippen LogP contribution in [0.5, 0.6) is 0 Å². The molecule has 0 aliphatic heterocycles. The highest BCUT2D eigenvalue weighted by atomic mass is 16.2. The van der Waals surface area contributed by atoms with E-state index >= 15 is 0 Å². The summed E-state index contributed by atoms with van der Waals surface area (Å²) in [5.74, 6) is 1.66. The predicted octanol–water partition coefficient (Wildman–Crippen LogP) is 5.10. The van der Waals surface area contributed by atoms with Gasteiger partial charge in [-0.25, -0.2) is 0 Å². The molecular weight excluding hydrogens is 488 g/mol. The number of benzene rings is 2. The number of nitrogens with one attached hydrogen (secondary N) is 3. The van der Waals surface area contributed by atoms with E-state index in [0.717, 1.165) is 30.2 Å². The number of amides is 2. The van der Waals surface area contributed by atoms with Crippen molar-refractivity contribution in [2.24, 2.45) is 17.6 Å². The van der Waals surface area contributed by atoms with Gasteiger partial charge in [-0.05, 0) is 93.0 Å². The zero-order chi connectivity index (χ0) is 28.6. The maximum absolute atomic E-state index is 11.4. The maximum atomic E-state index is 11.4. The van der Waals surface area contributed by atoms with E-state index in [1.807, 2.05) is 24.3 Å². The van der Waals surface area contributed by atoms with E-state index in [9.17, 15) is 14.4 Å². The van der Waals surface area contributed by atoms with Crippen molar-refractivity contribution >= 4 is 18.1 Å². The van der Waals surface area contributed by atoms with Gasteiger partial charge in [-0.2, -0.15) is 0 Å². The molecule has 2 aromatic carbocycles. The molecule has 4 rings (SSSR count). The molecule has 2 aliphatic rings. The van der Waals surface area contributed by atoms with E-state index in [1.54, 1.807) is 38.4 Å². The van der Waals surface area contributed by atoms with Gasteiger partial charge in [-0.1, -0.05) is 38.1 Å². The number of aldehydes is 1. The first-order valence-corrected chi connectivity index (χ1v) is 14.3. The maximum Gasteiger partial charge on any atom is 0.251 e. The van der Waals surface area contributed by atoms with Crippen LogP contribution in [0.2, 0.25) is 0 Å². The average molecular weight is 537 g/mol. The first-order valence-electron chi connectivity index (χ1n) is 14.3. The lowest BCUT2D eigenvalue weighted by atomic mass is 9.87. The Kier molecular flexibility index (Phi) is 14.5. The molecule has 214 valence electrons. The summed E-state index contributed by atoms with van der Waals surface area (Å²) in [6, 6.07) is 15.5. The Morgan fingerprint density at radius 3 is 1.59 bits per heavy atom. The van der Waals surface area contributed by atoms with Crippen LogP contribution in [0, 0.1) is 11.8 Å². The summed E-state index contributed by atoms with van der Waals surface area (Å²) in [5.41, 5.74) is 8.79. The van der Waals surface area contributed by atoms with Gasteiger partial charge < -0.3 is 21.7 Å². The number of carbonyl (C=O) groups is 3. The van der Waals surface area contributed by atoms with Gasteiger partial charge in [-0.3, -0.25) is 14.4 Å². The third-order valence-electron chi connectivity index (χ3n) is 7.65. The number of hydrogen-bond donors (Lipinski definition) is 4. The molecule has 0 unspecified atom stereocenters. The minimum absolute atomic E-state index is 0.0271. The van der Waals surface area contributed by atoms with Crippen molar-refractivity contribution in [1.29, 1.82) is 0 Å². The molecule has 5 N–H and O–H groups in total. The normalized spacial score (nSPS) is 22.2. The van der Waals surface area contributed by atoms with Crippen molar-refractivity contribution in [2.45, 2.75) is 83.8 Å². The van der Waals surface area contributed by atoms with Gasteiger partial charge in [0.1, 0.15) is 6.29 Å². The second kappa shape index (κ2) is 17.5. The lowest BCUT2D eigenvalue weighted by Crippen LogP contribution is -2.32. The molecule has 0 spiro atoms. The molecule has 0 saturated heterocycles. The van der Waals surface area contributed by atoms with E-state index in [4.69, 9.17) is 5.73 Å².